The van der Waals surface area contributed by atoms with Crippen LogP contribution < -0.4 is 21.1 Å². The number of alkyl halides is 3. The summed E-state index contributed by atoms with van der Waals surface area (Å²) in [5.74, 6) is -0.845. The van der Waals surface area contributed by atoms with Crippen molar-refractivity contribution in [2.24, 2.45) is 0 Å². The van der Waals surface area contributed by atoms with Crippen LogP contribution in [0.5, 0.6) is 0 Å². The summed E-state index contributed by atoms with van der Waals surface area (Å²) in [5.41, 5.74) is 3.87. The second-order valence-electron chi connectivity index (χ2n) is 21.0. The SMILES string of the molecule is COC(=O)[C@@H]1CCCN(C(=O)[C@H](Cc2nsc(-c3ccc4c(c3)c(CC(C)(C)O[Si](c3ccccc3)(c3ccccc3)C(C)(C)C)c(-c3cccnc3[C@H](C)OC)n4CC(F)(F)F)n2)NC(=O)OC(C)(C)C)N1. The van der Waals surface area contributed by atoms with Crippen LogP contribution in [0, 0.1) is 0 Å². The molecule has 0 aliphatic carbocycles. The average Bonchev–Trinajstić information content (AvgIpc) is 3.92. The zero-order chi connectivity index (χ0) is 53.1. The van der Waals surface area contributed by atoms with E-state index in [0.717, 1.165) is 21.9 Å². The molecule has 0 unspecified atom stereocenters. The summed E-state index contributed by atoms with van der Waals surface area (Å²) < 4.78 is 75.0. The molecule has 2 N–H and O–H groups in total. The molecule has 3 aromatic heterocycles. The quantitative estimate of drug-likeness (QED) is 0.0703. The maximum absolute atomic E-state index is 15.0. The van der Waals surface area contributed by atoms with Crippen molar-refractivity contribution >= 4 is 59.1 Å². The second-order valence-corrected chi connectivity index (χ2v) is 26.0. The van der Waals surface area contributed by atoms with Crippen molar-refractivity contribution in [3.63, 3.8) is 0 Å². The zero-order valence-corrected chi connectivity index (χ0v) is 45.2. The summed E-state index contributed by atoms with van der Waals surface area (Å²) in [6, 6.07) is 27.2. The fourth-order valence-corrected chi connectivity index (χ4v) is 15.2. The van der Waals surface area contributed by atoms with Gasteiger partial charge in [0.1, 0.15) is 35.1 Å². The summed E-state index contributed by atoms with van der Waals surface area (Å²) in [7, 11) is -0.410. The molecule has 0 saturated carbocycles. The Morgan fingerprint density at radius 2 is 1.56 bits per heavy atom. The van der Waals surface area contributed by atoms with Gasteiger partial charge in [0.25, 0.3) is 14.2 Å². The summed E-state index contributed by atoms with van der Waals surface area (Å²) >= 11 is 1.05. The molecule has 0 radical (unpaired) electrons. The van der Waals surface area contributed by atoms with Gasteiger partial charge in [-0.15, -0.1) is 0 Å². The Bertz CT molecular complexity index is 2860. The van der Waals surface area contributed by atoms with Crippen molar-refractivity contribution in [3.05, 3.63) is 114 Å². The normalized spacial score (nSPS) is 15.8. The van der Waals surface area contributed by atoms with E-state index >= 15 is 13.2 Å². The van der Waals surface area contributed by atoms with Crippen molar-refractivity contribution in [1.82, 2.24) is 34.7 Å². The number of carbonyl (C=O) groups is 3. The molecule has 3 atom stereocenters. The van der Waals surface area contributed by atoms with Crippen LogP contribution in [0.2, 0.25) is 5.04 Å². The van der Waals surface area contributed by atoms with Crippen LogP contribution in [0.25, 0.3) is 32.7 Å². The van der Waals surface area contributed by atoms with Crippen LogP contribution in [0.3, 0.4) is 0 Å². The van der Waals surface area contributed by atoms with Gasteiger partial charge in [0.2, 0.25) is 0 Å². The van der Waals surface area contributed by atoms with Gasteiger partial charge in [-0.25, -0.2) is 15.2 Å². The van der Waals surface area contributed by atoms with E-state index in [1.807, 2.05) is 63.2 Å². The standard InChI is InChI=1S/C54H66F3N7O7SSi/c1-34(68-10)45-38(24-18-28-58-45)46-40(32-53(8,9)71-73(52(5,6)7,36-20-14-12-15-21-36)37-22-16-13-17-23-37)39-30-35(26-27-43(39)63(46)33-54(55,56)57)47-60-44(62-72-47)31-42(59-50(67)70-51(2,3)4)48(65)64-29-19-25-41(61-64)49(66)69-11/h12-18,20-24,26-28,30,34,41-42,61H,19,25,29,31-33H2,1-11H3,(H,59,67)/t34-,41-,42-/m0/s1. The lowest BCUT2D eigenvalue weighted by atomic mass is 9.92. The van der Waals surface area contributed by atoms with E-state index in [1.54, 1.807) is 51.2 Å². The first-order chi connectivity index (χ1) is 34.3. The molecule has 3 aromatic carbocycles. The highest BCUT2D eigenvalue weighted by molar-refractivity contribution is 7.09. The highest BCUT2D eigenvalue weighted by Crippen LogP contribution is 2.45. The molecule has 73 heavy (non-hydrogen) atoms. The van der Waals surface area contributed by atoms with Gasteiger partial charge in [0.15, 0.2) is 0 Å². The maximum Gasteiger partial charge on any atom is 0.408 e. The van der Waals surface area contributed by atoms with E-state index in [4.69, 9.17) is 23.6 Å². The number of hydrogen-bond acceptors (Lipinski definition) is 12. The van der Waals surface area contributed by atoms with Crippen molar-refractivity contribution in [1.29, 1.82) is 0 Å². The van der Waals surface area contributed by atoms with Gasteiger partial charge in [-0.3, -0.25) is 19.6 Å². The third-order valence-corrected chi connectivity index (χ3v) is 18.9. The van der Waals surface area contributed by atoms with Crippen LogP contribution in [0.1, 0.15) is 98.3 Å². The molecule has 2 amide bonds. The fraction of sp³-hybridized carbons (Fsp3) is 0.444. The van der Waals surface area contributed by atoms with E-state index in [2.05, 4.69) is 65.1 Å². The van der Waals surface area contributed by atoms with Crippen LogP contribution in [-0.4, -0.2) is 100 Å². The van der Waals surface area contributed by atoms with Crippen molar-refractivity contribution in [2.45, 2.75) is 135 Å². The van der Waals surface area contributed by atoms with E-state index in [9.17, 15) is 14.4 Å². The number of esters is 1. The number of alkyl carbamates (subject to hydrolysis) is 1. The van der Waals surface area contributed by atoms with Gasteiger partial charge in [0.05, 0.1) is 30.2 Å². The Labute approximate surface area is 430 Å². The topological polar surface area (TPSA) is 159 Å². The van der Waals surface area contributed by atoms with E-state index in [0.29, 0.717) is 56.8 Å². The number of rotatable bonds is 16. The number of amides is 2. The van der Waals surface area contributed by atoms with Gasteiger partial charge in [-0.2, -0.15) is 17.5 Å². The van der Waals surface area contributed by atoms with Crippen molar-refractivity contribution in [2.75, 3.05) is 20.8 Å². The van der Waals surface area contributed by atoms with Gasteiger partial charge >= 0.3 is 18.2 Å². The number of nitrogens with zero attached hydrogens (tertiary/aromatic N) is 5. The van der Waals surface area contributed by atoms with Crippen LogP contribution in [0.4, 0.5) is 18.0 Å². The molecule has 14 nitrogen and oxygen atoms in total. The molecule has 6 aromatic rings. The van der Waals surface area contributed by atoms with E-state index < -0.39 is 73.4 Å². The number of halogens is 3. The Kier molecular flexibility index (Phi) is 16.4. The first-order valence-corrected chi connectivity index (χ1v) is 27.0. The molecule has 1 fully saturated rings. The van der Waals surface area contributed by atoms with Crippen LogP contribution in [0.15, 0.2) is 97.2 Å². The molecular formula is C54H66F3N7O7SSi. The molecule has 0 bridgehead atoms. The van der Waals surface area contributed by atoms with Crippen LogP contribution >= 0.6 is 11.5 Å². The lowest BCUT2D eigenvalue weighted by Crippen LogP contribution is -2.69. The highest BCUT2D eigenvalue weighted by atomic mass is 32.1. The first-order valence-electron chi connectivity index (χ1n) is 24.3. The largest absolute Gasteiger partial charge is 0.468 e. The molecular weight excluding hydrogens is 976 g/mol. The number of nitrogens with one attached hydrogen (secondary N) is 2. The van der Waals surface area contributed by atoms with Gasteiger partial charge < -0.3 is 28.5 Å². The Morgan fingerprint density at radius 1 is 0.904 bits per heavy atom. The molecule has 1 aliphatic heterocycles. The summed E-state index contributed by atoms with van der Waals surface area (Å²) in [6.45, 7) is 16.4. The molecule has 4 heterocycles. The number of methoxy groups -OCH3 is 2. The fourth-order valence-electron chi connectivity index (χ4n) is 9.70. The minimum atomic E-state index is -4.62. The van der Waals surface area contributed by atoms with E-state index in [-0.39, 0.29) is 25.2 Å². The number of hydrogen-bond donors (Lipinski definition) is 2. The number of pyridine rings is 1. The second kappa shape index (κ2) is 21.8. The molecule has 7 rings (SSSR count). The molecule has 1 saturated heterocycles. The summed E-state index contributed by atoms with van der Waals surface area (Å²) in [5, 5.41) is 6.65. The lowest BCUT2D eigenvalue weighted by molar-refractivity contribution is -0.150. The smallest absolute Gasteiger partial charge is 0.408 e. The number of carbonyl (C=O) groups excluding carboxylic acids is 3. The minimum Gasteiger partial charge on any atom is -0.468 e. The maximum atomic E-state index is 15.0. The number of aromatic nitrogens is 4. The lowest BCUT2D eigenvalue weighted by Gasteiger charge is -2.48. The molecule has 1 aliphatic rings. The third-order valence-electron chi connectivity index (χ3n) is 12.8. The van der Waals surface area contributed by atoms with Gasteiger partial charge in [-0.1, -0.05) is 81.4 Å². The summed E-state index contributed by atoms with van der Waals surface area (Å²) in [6.07, 6.45) is -3.44. The minimum absolute atomic E-state index is 0.148. The number of benzene rings is 3. The average molecular weight is 1040 g/mol. The highest BCUT2D eigenvalue weighted by Gasteiger charge is 2.53. The molecule has 0 spiro atoms. The van der Waals surface area contributed by atoms with Gasteiger partial charge in [0, 0.05) is 54.7 Å². The monoisotopic (exact) mass is 1040 g/mol. The molecule has 390 valence electrons. The number of ether oxygens (including phenoxy) is 3. The predicted molar refractivity (Wildman–Crippen MR) is 279 cm³/mol. The Hall–Kier alpha value is -5.99. The summed E-state index contributed by atoms with van der Waals surface area (Å²) in [4.78, 5) is 49.3. The first kappa shape index (κ1) is 54.8. The molecule has 19 heteroatoms. The zero-order valence-electron chi connectivity index (χ0n) is 43.3. The predicted octanol–water partition coefficient (Wildman–Crippen LogP) is 9.49. The van der Waals surface area contributed by atoms with Crippen LogP contribution in [-0.2, 0) is 47.6 Å². The van der Waals surface area contributed by atoms with Gasteiger partial charge in [-0.05, 0) is 117 Å². The third kappa shape index (κ3) is 12.5. The van der Waals surface area contributed by atoms with Crippen molar-refractivity contribution < 1.29 is 46.2 Å². The van der Waals surface area contributed by atoms with Crippen molar-refractivity contribution in [3.8, 4) is 21.8 Å². The Balaban J connectivity index is 1.37. The number of hydrazine groups is 1. The number of fused-ring (bicyclic) bond motifs is 1. The van der Waals surface area contributed by atoms with E-state index in [1.165, 1.54) is 23.8 Å². The Morgan fingerprint density at radius 3 is 2.15 bits per heavy atom.